The Kier molecular flexibility index (Phi) is 3.14. The van der Waals surface area contributed by atoms with E-state index in [-0.39, 0.29) is 22.0 Å². The highest BCUT2D eigenvalue weighted by molar-refractivity contribution is 6.33. The number of rotatable bonds is 3. The van der Waals surface area contributed by atoms with Gasteiger partial charge in [0.15, 0.2) is 0 Å². The van der Waals surface area contributed by atoms with Crippen LogP contribution in [0.1, 0.15) is 20.7 Å². The van der Waals surface area contributed by atoms with Crippen LogP contribution in [-0.4, -0.2) is 21.7 Å². The normalized spacial score (nSPS) is 10.4. The summed E-state index contributed by atoms with van der Waals surface area (Å²) in [6, 6.07) is 4.11. The number of aromatic carboxylic acids is 1. The summed E-state index contributed by atoms with van der Waals surface area (Å²) >= 11 is 5.72. The number of benzene rings is 1. The van der Waals surface area contributed by atoms with Crippen LogP contribution in [0.25, 0.3) is 5.69 Å². The molecule has 1 amide bonds. The average molecular weight is 280 g/mol. The number of primary amides is 1. The Balaban J connectivity index is 2.57. The first-order valence-electron chi connectivity index (χ1n) is 5.06. The zero-order valence-electron chi connectivity index (χ0n) is 9.46. The third kappa shape index (κ3) is 2.23. The fraction of sp³-hybridized carbons (Fsp3) is 0. The SMILES string of the molecule is NC(=O)c1cnn(-c2ccc(Cl)c(C(=O)[O-])c2)c1N. The number of halogens is 1. The van der Waals surface area contributed by atoms with E-state index >= 15 is 0 Å². The number of anilines is 1. The number of hydrogen-bond donors (Lipinski definition) is 2. The molecule has 4 N–H and O–H groups in total. The number of carbonyl (C=O) groups is 2. The summed E-state index contributed by atoms with van der Waals surface area (Å²) in [5.41, 5.74) is 11.0. The van der Waals surface area contributed by atoms with E-state index in [1.54, 1.807) is 0 Å². The summed E-state index contributed by atoms with van der Waals surface area (Å²) in [6.07, 6.45) is 1.20. The van der Waals surface area contributed by atoms with Crippen molar-refractivity contribution < 1.29 is 14.7 Å². The molecule has 1 aromatic heterocycles. The van der Waals surface area contributed by atoms with E-state index < -0.39 is 11.9 Å². The highest BCUT2D eigenvalue weighted by atomic mass is 35.5. The van der Waals surface area contributed by atoms with Crippen LogP contribution in [-0.2, 0) is 0 Å². The predicted octanol–water partition coefficient (Wildman–Crippen LogP) is -0.430. The van der Waals surface area contributed by atoms with E-state index in [9.17, 15) is 14.7 Å². The quantitative estimate of drug-likeness (QED) is 0.788. The van der Waals surface area contributed by atoms with Gasteiger partial charge in [0, 0.05) is 10.6 Å². The maximum absolute atomic E-state index is 11.1. The number of aromatic nitrogens is 2. The lowest BCUT2D eigenvalue weighted by Gasteiger charge is -2.09. The molecule has 19 heavy (non-hydrogen) atoms. The van der Waals surface area contributed by atoms with Crippen molar-refractivity contribution in [2.75, 3.05) is 5.73 Å². The first-order valence-corrected chi connectivity index (χ1v) is 5.44. The van der Waals surface area contributed by atoms with Crippen molar-refractivity contribution in [2.45, 2.75) is 0 Å². The van der Waals surface area contributed by atoms with Crippen LogP contribution >= 0.6 is 11.6 Å². The highest BCUT2D eigenvalue weighted by Crippen LogP contribution is 2.22. The zero-order valence-corrected chi connectivity index (χ0v) is 10.2. The van der Waals surface area contributed by atoms with Crippen molar-refractivity contribution in [2.24, 2.45) is 5.73 Å². The van der Waals surface area contributed by atoms with Crippen molar-refractivity contribution >= 4 is 29.3 Å². The summed E-state index contributed by atoms with van der Waals surface area (Å²) in [7, 11) is 0. The van der Waals surface area contributed by atoms with Gasteiger partial charge >= 0.3 is 0 Å². The Morgan fingerprint density at radius 1 is 1.32 bits per heavy atom. The summed E-state index contributed by atoms with van der Waals surface area (Å²) < 4.78 is 1.18. The molecule has 8 heteroatoms. The minimum Gasteiger partial charge on any atom is -0.545 e. The predicted molar refractivity (Wildman–Crippen MR) is 65.8 cm³/mol. The number of nitrogen functional groups attached to an aromatic ring is 1. The molecular formula is C11H8ClN4O3-. The van der Waals surface area contributed by atoms with E-state index in [0.29, 0.717) is 5.69 Å². The molecule has 0 radical (unpaired) electrons. The van der Waals surface area contributed by atoms with Crippen LogP contribution in [0.3, 0.4) is 0 Å². The standard InChI is InChI=1S/C11H9ClN4O3/c12-8-2-1-5(3-6(8)11(18)19)16-9(13)7(4-15-16)10(14)17/h1-4H,13H2,(H2,14,17)(H,18,19)/p-1. The molecule has 0 spiro atoms. The van der Waals surface area contributed by atoms with Crippen molar-refractivity contribution in [1.82, 2.24) is 9.78 Å². The Morgan fingerprint density at radius 2 is 2.00 bits per heavy atom. The molecule has 0 unspecified atom stereocenters. The maximum atomic E-state index is 11.1. The molecular weight excluding hydrogens is 272 g/mol. The van der Waals surface area contributed by atoms with E-state index in [1.807, 2.05) is 0 Å². The zero-order chi connectivity index (χ0) is 14.2. The third-order valence-electron chi connectivity index (χ3n) is 2.49. The number of carboxylic acids is 1. The Bertz CT molecular complexity index is 681. The van der Waals surface area contributed by atoms with Crippen LogP contribution in [0.15, 0.2) is 24.4 Å². The van der Waals surface area contributed by atoms with Crippen molar-refractivity contribution in [1.29, 1.82) is 0 Å². The molecule has 0 atom stereocenters. The number of nitrogens with two attached hydrogens (primary N) is 2. The largest absolute Gasteiger partial charge is 0.545 e. The molecule has 1 aromatic carbocycles. The molecule has 0 bridgehead atoms. The number of carboxylic acid groups (broad SMARTS) is 1. The summed E-state index contributed by atoms with van der Waals surface area (Å²) in [5.74, 6) is -2.13. The van der Waals surface area contributed by atoms with Crippen LogP contribution in [0.2, 0.25) is 5.02 Å². The van der Waals surface area contributed by atoms with Crippen LogP contribution in [0.4, 0.5) is 5.82 Å². The molecule has 0 aliphatic heterocycles. The number of hydrogen-bond acceptors (Lipinski definition) is 5. The Morgan fingerprint density at radius 3 is 2.53 bits per heavy atom. The molecule has 0 aliphatic rings. The minimum absolute atomic E-state index is 0.0131. The van der Waals surface area contributed by atoms with Gasteiger partial charge in [-0.1, -0.05) is 11.6 Å². The topological polar surface area (TPSA) is 127 Å². The smallest absolute Gasteiger partial charge is 0.254 e. The van der Waals surface area contributed by atoms with Gasteiger partial charge in [0.05, 0.1) is 17.9 Å². The van der Waals surface area contributed by atoms with Gasteiger partial charge in [0.2, 0.25) is 0 Å². The molecule has 0 saturated carbocycles. The number of amides is 1. The summed E-state index contributed by atoms with van der Waals surface area (Å²) in [4.78, 5) is 21.9. The Hall–Kier alpha value is -2.54. The number of carbonyl (C=O) groups excluding carboxylic acids is 2. The van der Waals surface area contributed by atoms with Crippen LogP contribution in [0.5, 0.6) is 0 Å². The van der Waals surface area contributed by atoms with Crippen LogP contribution < -0.4 is 16.6 Å². The first-order chi connectivity index (χ1) is 8.91. The van der Waals surface area contributed by atoms with E-state index in [4.69, 9.17) is 23.1 Å². The lowest BCUT2D eigenvalue weighted by atomic mass is 10.2. The van der Waals surface area contributed by atoms with Gasteiger partial charge in [0.1, 0.15) is 11.4 Å². The summed E-state index contributed by atoms with van der Waals surface area (Å²) in [5, 5.41) is 14.8. The van der Waals surface area contributed by atoms with E-state index in [2.05, 4.69) is 5.10 Å². The fourth-order valence-corrected chi connectivity index (χ4v) is 1.75. The van der Waals surface area contributed by atoms with Gasteiger partial charge < -0.3 is 21.4 Å². The van der Waals surface area contributed by atoms with Crippen molar-refractivity contribution in [3.8, 4) is 5.69 Å². The van der Waals surface area contributed by atoms with Crippen LogP contribution in [0, 0.1) is 0 Å². The fourth-order valence-electron chi connectivity index (χ4n) is 1.55. The molecule has 7 nitrogen and oxygen atoms in total. The maximum Gasteiger partial charge on any atom is 0.254 e. The molecule has 98 valence electrons. The first kappa shape index (κ1) is 12.9. The minimum atomic E-state index is -1.42. The second-order valence-corrected chi connectivity index (χ2v) is 4.08. The van der Waals surface area contributed by atoms with Gasteiger partial charge in [-0.3, -0.25) is 4.79 Å². The molecule has 0 fully saturated rings. The van der Waals surface area contributed by atoms with Gasteiger partial charge in [-0.25, -0.2) is 4.68 Å². The second kappa shape index (κ2) is 4.62. The summed E-state index contributed by atoms with van der Waals surface area (Å²) in [6.45, 7) is 0. The monoisotopic (exact) mass is 279 g/mol. The lowest BCUT2D eigenvalue weighted by Crippen LogP contribution is -2.23. The second-order valence-electron chi connectivity index (χ2n) is 3.67. The van der Waals surface area contributed by atoms with Crippen molar-refractivity contribution in [3.63, 3.8) is 0 Å². The van der Waals surface area contributed by atoms with Crippen molar-refractivity contribution in [3.05, 3.63) is 40.5 Å². The third-order valence-corrected chi connectivity index (χ3v) is 2.82. The molecule has 1 heterocycles. The van der Waals surface area contributed by atoms with Gasteiger partial charge in [0.25, 0.3) is 5.91 Å². The molecule has 2 aromatic rings. The van der Waals surface area contributed by atoms with E-state index in [1.165, 1.54) is 29.1 Å². The molecule has 0 aliphatic carbocycles. The van der Waals surface area contributed by atoms with Gasteiger partial charge in [-0.15, -0.1) is 0 Å². The number of nitrogens with zero attached hydrogens (tertiary/aromatic N) is 2. The van der Waals surface area contributed by atoms with Gasteiger partial charge in [-0.05, 0) is 18.2 Å². The molecule has 0 saturated heterocycles. The lowest BCUT2D eigenvalue weighted by molar-refractivity contribution is -0.255. The average Bonchev–Trinajstić information content (AvgIpc) is 2.71. The van der Waals surface area contributed by atoms with Gasteiger partial charge in [-0.2, -0.15) is 5.10 Å². The highest BCUT2D eigenvalue weighted by Gasteiger charge is 2.14. The van der Waals surface area contributed by atoms with E-state index in [0.717, 1.165) is 0 Å². The Labute approximate surface area is 112 Å². The molecule has 2 rings (SSSR count).